The Morgan fingerprint density at radius 1 is 1.27 bits per heavy atom. The lowest BCUT2D eigenvalue weighted by atomic mass is 10.1. The summed E-state index contributed by atoms with van der Waals surface area (Å²) in [6.45, 7) is 1.91. The minimum absolute atomic E-state index is 0.166. The minimum Gasteiger partial charge on any atom is -0.212 e. The summed E-state index contributed by atoms with van der Waals surface area (Å²) in [5.41, 5.74) is 1.52. The smallest absolute Gasteiger partial charge is 0.212 e. The maximum atomic E-state index is 13.1. The number of benzene rings is 1. The molecule has 0 saturated heterocycles. The van der Waals surface area contributed by atoms with Crippen LogP contribution in [0.5, 0.6) is 0 Å². The number of rotatable bonds is 4. The zero-order chi connectivity index (χ0) is 11.5. The largest absolute Gasteiger partial charge is 0.232 e. The van der Waals surface area contributed by atoms with Crippen LogP contribution < -0.4 is 0 Å². The van der Waals surface area contributed by atoms with Crippen molar-refractivity contribution < 1.29 is 12.8 Å². The van der Waals surface area contributed by atoms with E-state index in [2.05, 4.69) is 0 Å². The van der Waals surface area contributed by atoms with Gasteiger partial charge in [-0.25, -0.2) is 12.8 Å². The molecule has 0 amide bonds. The van der Waals surface area contributed by atoms with E-state index < -0.39 is 9.05 Å². The first kappa shape index (κ1) is 12.5. The van der Waals surface area contributed by atoms with Gasteiger partial charge in [-0.1, -0.05) is 13.0 Å². The SMILES string of the molecule is CCc1cc(F)cc(CCS(=O)(=O)Cl)c1. The molecule has 1 aromatic carbocycles. The molecule has 2 nitrogen and oxygen atoms in total. The third-order valence-corrected chi connectivity index (χ3v) is 3.21. The Kier molecular flexibility index (Phi) is 4.11. The molecule has 0 bridgehead atoms. The predicted octanol–water partition coefficient (Wildman–Crippen LogP) is 2.50. The number of hydrogen-bond acceptors (Lipinski definition) is 2. The van der Waals surface area contributed by atoms with Gasteiger partial charge in [0.25, 0.3) is 0 Å². The lowest BCUT2D eigenvalue weighted by Crippen LogP contribution is -2.02. The van der Waals surface area contributed by atoms with Crippen LogP contribution in [0.2, 0.25) is 0 Å². The van der Waals surface area contributed by atoms with Gasteiger partial charge in [0.15, 0.2) is 0 Å². The molecule has 0 aromatic heterocycles. The number of aryl methyl sites for hydroxylation is 2. The Morgan fingerprint density at radius 2 is 1.87 bits per heavy atom. The van der Waals surface area contributed by atoms with Crippen molar-refractivity contribution in [2.24, 2.45) is 0 Å². The summed E-state index contributed by atoms with van der Waals surface area (Å²) < 4.78 is 34.5. The summed E-state index contributed by atoms with van der Waals surface area (Å²) >= 11 is 0. The Morgan fingerprint density at radius 3 is 2.40 bits per heavy atom. The van der Waals surface area contributed by atoms with Crippen molar-refractivity contribution in [1.82, 2.24) is 0 Å². The first-order chi connectivity index (χ1) is 6.90. The van der Waals surface area contributed by atoms with E-state index in [0.29, 0.717) is 5.56 Å². The molecule has 0 fully saturated rings. The highest BCUT2D eigenvalue weighted by Gasteiger charge is 2.07. The molecule has 0 radical (unpaired) electrons. The first-order valence-corrected chi connectivity index (χ1v) is 7.09. The van der Waals surface area contributed by atoms with Gasteiger partial charge in [-0.2, -0.15) is 0 Å². The van der Waals surface area contributed by atoms with Gasteiger partial charge in [0.05, 0.1) is 5.75 Å². The molecule has 0 aliphatic heterocycles. The summed E-state index contributed by atoms with van der Waals surface area (Å²) in [6.07, 6.45) is 0.967. The van der Waals surface area contributed by atoms with E-state index >= 15 is 0 Å². The van der Waals surface area contributed by atoms with Gasteiger partial charge >= 0.3 is 0 Å². The second-order valence-corrected chi connectivity index (χ2v) is 6.21. The van der Waals surface area contributed by atoms with Crippen LogP contribution in [0, 0.1) is 5.82 Å². The lowest BCUT2D eigenvalue weighted by molar-refractivity contribution is 0.607. The zero-order valence-corrected chi connectivity index (χ0v) is 9.91. The van der Waals surface area contributed by atoms with Gasteiger partial charge in [-0.05, 0) is 36.1 Å². The van der Waals surface area contributed by atoms with Gasteiger partial charge in [0.2, 0.25) is 9.05 Å². The molecule has 5 heteroatoms. The van der Waals surface area contributed by atoms with Crippen LogP contribution in [0.25, 0.3) is 0 Å². The average molecular weight is 251 g/mol. The molecule has 0 unspecified atom stereocenters. The fourth-order valence-electron chi connectivity index (χ4n) is 1.31. The fourth-order valence-corrected chi connectivity index (χ4v) is 2.02. The molecule has 0 atom stereocenters. The Labute approximate surface area is 93.5 Å². The standard InChI is InChI=1S/C10H12ClFO2S/c1-2-8-5-9(7-10(12)6-8)3-4-15(11,13)14/h5-7H,2-4H2,1H3. The normalized spacial score (nSPS) is 11.7. The van der Waals surface area contributed by atoms with Crippen LogP contribution >= 0.6 is 10.7 Å². The van der Waals surface area contributed by atoms with E-state index in [0.717, 1.165) is 12.0 Å². The Bertz CT molecular complexity index is 443. The van der Waals surface area contributed by atoms with E-state index in [4.69, 9.17) is 10.7 Å². The lowest BCUT2D eigenvalue weighted by Gasteiger charge is -2.03. The molecule has 15 heavy (non-hydrogen) atoms. The summed E-state index contributed by atoms with van der Waals surface area (Å²) in [4.78, 5) is 0. The second kappa shape index (κ2) is 4.94. The van der Waals surface area contributed by atoms with E-state index in [-0.39, 0.29) is 18.0 Å². The van der Waals surface area contributed by atoms with Crippen molar-refractivity contribution in [2.75, 3.05) is 5.75 Å². The molecule has 84 valence electrons. The molecule has 0 aliphatic rings. The van der Waals surface area contributed by atoms with Gasteiger partial charge in [-0.3, -0.25) is 0 Å². The zero-order valence-electron chi connectivity index (χ0n) is 8.33. The van der Waals surface area contributed by atoms with Crippen LogP contribution in [0.3, 0.4) is 0 Å². The van der Waals surface area contributed by atoms with Crippen LogP contribution in [0.1, 0.15) is 18.1 Å². The Balaban J connectivity index is 2.81. The van der Waals surface area contributed by atoms with Crippen molar-refractivity contribution in [3.8, 4) is 0 Å². The third kappa shape index (κ3) is 4.62. The van der Waals surface area contributed by atoms with Crippen molar-refractivity contribution in [1.29, 1.82) is 0 Å². The third-order valence-electron chi connectivity index (χ3n) is 2.06. The molecule has 0 N–H and O–H groups in total. The number of hydrogen-bond donors (Lipinski definition) is 0. The van der Waals surface area contributed by atoms with Gasteiger partial charge in [0, 0.05) is 10.7 Å². The topological polar surface area (TPSA) is 34.1 Å². The molecule has 1 rings (SSSR count). The van der Waals surface area contributed by atoms with E-state index in [9.17, 15) is 12.8 Å². The quantitative estimate of drug-likeness (QED) is 0.770. The van der Waals surface area contributed by atoms with Gasteiger partial charge in [-0.15, -0.1) is 0 Å². The summed E-state index contributed by atoms with van der Waals surface area (Å²) in [6, 6.07) is 4.57. The Hall–Kier alpha value is -0.610. The predicted molar refractivity (Wildman–Crippen MR) is 59.1 cm³/mol. The molecule has 1 aromatic rings. The van der Waals surface area contributed by atoms with E-state index in [1.807, 2.05) is 6.92 Å². The maximum absolute atomic E-state index is 13.1. The summed E-state index contributed by atoms with van der Waals surface area (Å²) in [5.74, 6) is -0.502. The van der Waals surface area contributed by atoms with Crippen LogP contribution in [0.15, 0.2) is 18.2 Å². The van der Waals surface area contributed by atoms with Crippen molar-refractivity contribution in [3.05, 3.63) is 35.1 Å². The summed E-state index contributed by atoms with van der Waals surface area (Å²) in [7, 11) is 1.57. The molecule has 0 saturated carbocycles. The van der Waals surface area contributed by atoms with Crippen molar-refractivity contribution in [3.63, 3.8) is 0 Å². The molecular formula is C10H12ClFO2S. The molecule has 0 heterocycles. The molecule has 0 aliphatic carbocycles. The monoisotopic (exact) mass is 250 g/mol. The van der Waals surface area contributed by atoms with Crippen LogP contribution in [-0.4, -0.2) is 14.2 Å². The number of halogens is 2. The summed E-state index contributed by atoms with van der Waals surface area (Å²) in [5, 5.41) is 0. The van der Waals surface area contributed by atoms with Crippen molar-refractivity contribution >= 4 is 19.7 Å². The highest BCUT2D eigenvalue weighted by molar-refractivity contribution is 8.13. The minimum atomic E-state index is -3.50. The first-order valence-electron chi connectivity index (χ1n) is 4.61. The van der Waals surface area contributed by atoms with E-state index in [1.54, 1.807) is 6.07 Å². The van der Waals surface area contributed by atoms with Gasteiger partial charge in [0.1, 0.15) is 5.82 Å². The highest BCUT2D eigenvalue weighted by atomic mass is 35.7. The van der Waals surface area contributed by atoms with E-state index in [1.165, 1.54) is 12.1 Å². The maximum Gasteiger partial charge on any atom is 0.232 e. The molecular weight excluding hydrogens is 239 g/mol. The van der Waals surface area contributed by atoms with Crippen molar-refractivity contribution in [2.45, 2.75) is 19.8 Å². The average Bonchev–Trinajstić information content (AvgIpc) is 2.13. The molecule has 0 spiro atoms. The van der Waals surface area contributed by atoms with Gasteiger partial charge < -0.3 is 0 Å². The van der Waals surface area contributed by atoms with Crippen LogP contribution in [-0.2, 0) is 21.9 Å². The second-order valence-electron chi connectivity index (χ2n) is 3.31. The highest BCUT2D eigenvalue weighted by Crippen LogP contribution is 2.12. The fraction of sp³-hybridized carbons (Fsp3) is 0.400. The van der Waals surface area contributed by atoms with Crippen LogP contribution in [0.4, 0.5) is 4.39 Å².